The topological polar surface area (TPSA) is 6.48 Å². The van der Waals surface area contributed by atoms with E-state index < -0.39 is 18.3 Å². The minimum atomic E-state index is -4.18. The number of halogens is 3. The molecule has 1 saturated heterocycles. The summed E-state index contributed by atoms with van der Waals surface area (Å²) in [5.41, 5.74) is 1.35. The van der Waals surface area contributed by atoms with Crippen LogP contribution in [0, 0.1) is 0 Å². The van der Waals surface area contributed by atoms with Crippen LogP contribution in [-0.2, 0) is 0 Å². The Morgan fingerprint density at radius 1 is 1.20 bits per heavy atom. The number of nitrogens with zero attached hydrogens (tertiary/aromatic N) is 2. The molecule has 2 aliphatic rings. The molecule has 1 aromatic carbocycles. The fourth-order valence-electron chi connectivity index (χ4n) is 3.16. The normalized spacial score (nSPS) is 26.8. The predicted molar refractivity (Wildman–Crippen MR) is 71.5 cm³/mol. The Bertz CT molecular complexity index is 524. The number of alkyl halides is 3. The van der Waals surface area contributed by atoms with E-state index in [9.17, 15) is 13.2 Å². The molecule has 0 N–H and O–H groups in total. The van der Waals surface area contributed by atoms with Crippen LogP contribution in [0.25, 0.3) is 5.70 Å². The first-order valence-electron chi connectivity index (χ1n) is 6.79. The summed E-state index contributed by atoms with van der Waals surface area (Å²) >= 11 is 0. The van der Waals surface area contributed by atoms with E-state index in [1.165, 1.54) is 5.01 Å². The molecule has 3 rings (SSSR count). The molecule has 2 bridgehead atoms. The molecule has 0 radical (unpaired) electrons. The van der Waals surface area contributed by atoms with Gasteiger partial charge in [-0.1, -0.05) is 30.3 Å². The molecule has 1 fully saturated rings. The molecule has 2 nitrogen and oxygen atoms in total. The van der Waals surface area contributed by atoms with Crippen LogP contribution < -0.4 is 0 Å². The van der Waals surface area contributed by atoms with Crippen LogP contribution in [0.3, 0.4) is 0 Å². The average Bonchev–Trinajstić information content (AvgIpc) is 2.55. The monoisotopic (exact) mass is 282 g/mol. The third-order valence-electron chi connectivity index (χ3n) is 4.06. The van der Waals surface area contributed by atoms with Crippen molar-refractivity contribution in [1.29, 1.82) is 0 Å². The standard InChI is InChI=1S/C15H17F3N2/c1-14-8-5-9-19(20(14)11-15(16,17)18)13(10-14)12-6-3-2-4-7-12/h2-4,6-7,10H,5,8-9,11H2,1H3. The Morgan fingerprint density at radius 2 is 1.90 bits per heavy atom. The van der Waals surface area contributed by atoms with Crippen LogP contribution in [0.15, 0.2) is 36.4 Å². The first-order chi connectivity index (χ1) is 9.39. The minimum Gasteiger partial charge on any atom is -0.304 e. The van der Waals surface area contributed by atoms with E-state index in [4.69, 9.17) is 0 Å². The molecule has 2 aliphatic heterocycles. The highest BCUT2D eigenvalue weighted by Crippen LogP contribution is 2.43. The van der Waals surface area contributed by atoms with Gasteiger partial charge in [0.2, 0.25) is 0 Å². The van der Waals surface area contributed by atoms with Gasteiger partial charge in [0.05, 0.1) is 11.2 Å². The molecule has 1 unspecified atom stereocenters. The van der Waals surface area contributed by atoms with Gasteiger partial charge in [0.15, 0.2) is 0 Å². The van der Waals surface area contributed by atoms with E-state index in [0.29, 0.717) is 6.54 Å². The fraction of sp³-hybridized carbons (Fsp3) is 0.467. The first kappa shape index (κ1) is 13.5. The lowest BCUT2D eigenvalue weighted by molar-refractivity contribution is -0.191. The Hall–Kier alpha value is -1.49. The largest absolute Gasteiger partial charge is 0.403 e. The molecule has 108 valence electrons. The van der Waals surface area contributed by atoms with Crippen LogP contribution in [0.5, 0.6) is 0 Å². The maximum atomic E-state index is 12.8. The predicted octanol–water partition coefficient (Wildman–Crippen LogP) is 3.67. The molecular formula is C15H17F3N2. The van der Waals surface area contributed by atoms with Crippen molar-refractivity contribution in [3.8, 4) is 0 Å². The zero-order valence-corrected chi connectivity index (χ0v) is 11.3. The van der Waals surface area contributed by atoms with Crippen LogP contribution >= 0.6 is 0 Å². The lowest BCUT2D eigenvalue weighted by Crippen LogP contribution is -2.56. The van der Waals surface area contributed by atoms with Crippen LogP contribution in [0.4, 0.5) is 13.2 Å². The van der Waals surface area contributed by atoms with Gasteiger partial charge in [-0.05, 0) is 31.4 Å². The molecule has 20 heavy (non-hydrogen) atoms. The molecular weight excluding hydrogens is 265 g/mol. The van der Waals surface area contributed by atoms with E-state index >= 15 is 0 Å². The second kappa shape index (κ2) is 4.52. The van der Waals surface area contributed by atoms with Crippen molar-refractivity contribution in [2.24, 2.45) is 0 Å². The maximum absolute atomic E-state index is 12.8. The summed E-state index contributed by atoms with van der Waals surface area (Å²) in [6.45, 7) is 1.64. The van der Waals surface area contributed by atoms with Gasteiger partial charge >= 0.3 is 6.18 Å². The zero-order chi connectivity index (χ0) is 14.4. The quantitative estimate of drug-likeness (QED) is 0.816. The molecule has 0 amide bonds. The summed E-state index contributed by atoms with van der Waals surface area (Å²) in [6, 6.07) is 9.63. The van der Waals surface area contributed by atoms with Crippen molar-refractivity contribution >= 4 is 5.70 Å². The second-order valence-corrected chi connectivity index (χ2v) is 5.65. The van der Waals surface area contributed by atoms with Crippen LogP contribution in [0.1, 0.15) is 25.3 Å². The van der Waals surface area contributed by atoms with Crippen molar-refractivity contribution in [2.75, 3.05) is 13.1 Å². The molecule has 1 aromatic rings. The summed E-state index contributed by atoms with van der Waals surface area (Å²) in [6.07, 6.45) is -0.522. The Balaban J connectivity index is 1.95. The Kier molecular flexibility index (Phi) is 3.05. The fourth-order valence-corrected chi connectivity index (χ4v) is 3.16. The van der Waals surface area contributed by atoms with E-state index in [1.54, 1.807) is 5.01 Å². The highest BCUT2D eigenvalue weighted by Gasteiger charge is 2.48. The molecule has 0 saturated carbocycles. The van der Waals surface area contributed by atoms with E-state index in [0.717, 1.165) is 24.1 Å². The molecule has 1 atom stereocenters. The van der Waals surface area contributed by atoms with Gasteiger partial charge in [-0.15, -0.1) is 0 Å². The van der Waals surface area contributed by atoms with E-state index in [1.807, 2.05) is 43.3 Å². The molecule has 0 aromatic heterocycles. The summed E-state index contributed by atoms with van der Waals surface area (Å²) in [7, 11) is 0. The van der Waals surface area contributed by atoms with Gasteiger partial charge in [0.1, 0.15) is 6.54 Å². The number of benzene rings is 1. The van der Waals surface area contributed by atoms with Gasteiger partial charge in [-0.25, -0.2) is 5.01 Å². The van der Waals surface area contributed by atoms with Gasteiger partial charge < -0.3 is 5.01 Å². The third-order valence-corrected chi connectivity index (χ3v) is 4.06. The van der Waals surface area contributed by atoms with Crippen molar-refractivity contribution in [3.05, 3.63) is 42.0 Å². The minimum absolute atomic E-state index is 0.529. The zero-order valence-electron chi connectivity index (χ0n) is 11.3. The summed E-state index contributed by atoms with van der Waals surface area (Å²) in [4.78, 5) is 0. The van der Waals surface area contributed by atoms with Crippen molar-refractivity contribution in [1.82, 2.24) is 10.0 Å². The highest BCUT2D eigenvalue weighted by molar-refractivity contribution is 5.67. The summed E-state index contributed by atoms with van der Waals surface area (Å²) < 4.78 is 38.5. The smallest absolute Gasteiger partial charge is 0.304 e. The number of hydrogen-bond donors (Lipinski definition) is 0. The molecule has 5 heteroatoms. The molecule has 2 heterocycles. The Morgan fingerprint density at radius 3 is 2.55 bits per heavy atom. The summed E-state index contributed by atoms with van der Waals surface area (Å²) in [5, 5.41) is 3.27. The van der Waals surface area contributed by atoms with Gasteiger partial charge in [-0.2, -0.15) is 13.2 Å². The lowest BCUT2D eigenvalue weighted by Gasteiger charge is -2.45. The molecule has 0 aliphatic carbocycles. The van der Waals surface area contributed by atoms with Gasteiger partial charge in [-0.3, -0.25) is 0 Å². The van der Waals surface area contributed by atoms with Crippen molar-refractivity contribution < 1.29 is 13.2 Å². The highest BCUT2D eigenvalue weighted by atomic mass is 19.4. The third kappa shape index (κ3) is 2.30. The van der Waals surface area contributed by atoms with Gasteiger partial charge in [0.25, 0.3) is 0 Å². The van der Waals surface area contributed by atoms with Gasteiger partial charge in [0, 0.05) is 6.54 Å². The number of fused-ring (bicyclic) bond motifs is 2. The maximum Gasteiger partial charge on any atom is 0.403 e. The van der Waals surface area contributed by atoms with Crippen LogP contribution in [-0.4, -0.2) is 34.8 Å². The number of hydrogen-bond acceptors (Lipinski definition) is 2. The second-order valence-electron chi connectivity index (χ2n) is 5.65. The molecule has 0 spiro atoms. The Labute approximate surface area is 116 Å². The first-order valence-corrected chi connectivity index (χ1v) is 6.79. The number of hydrazine groups is 1. The van der Waals surface area contributed by atoms with Crippen molar-refractivity contribution in [2.45, 2.75) is 31.5 Å². The average molecular weight is 282 g/mol. The van der Waals surface area contributed by atoms with Crippen molar-refractivity contribution in [3.63, 3.8) is 0 Å². The SMILES string of the molecule is CC12C=C(c3ccccc3)N(CCC1)N2CC(F)(F)F. The van der Waals surface area contributed by atoms with Crippen LogP contribution in [0.2, 0.25) is 0 Å². The summed E-state index contributed by atoms with van der Waals surface area (Å²) in [5.74, 6) is 0. The number of rotatable bonds is 2. The van der Waals surface area contributed by atoms with E-state index in [2.05, 4.69) is 0 Å². The lowest BCUT2D eigenvalue weighted by atomic mass is 9.94. The van der Waals surface area contributed by atoms with E-state index in [-0.39, 0.29) is 0 Å².